The van der Waals surface area contributed by atoms with Crippen molar-refractivity contribution >= 4 is 51.0 Å². The quantitative estimate of drug-likeness (QED) is 0.354. The molecule has 0 amide bonds. The highest BCUT2D eigenvalue weighted by molar-refractivity contribution is 14.1. The van der Waals surface area contributed by atoms with E-state index < -0.39 is 23.4 Å². The molecule has 94 valence electrons. The van der Waals surface area contributed by atoms with E-state index in [-0.39, 0.29) is 0 Å². The van der Waals surface area contributed by atoms with Crippen LogP contribution in [0.2, 0.25) is 0 Å². The molecule has 0 radical (unpaired) electrons. The van der Waals surface area contributed by atoms with Gasteiger partial charge in [-0.1, -0.05) is 0 Å². The molecule has 1 nitrogen and oxygen atoms in total. The maximum absolute atomic E-state index is 12.8. The molecule has 0 spiro atoms. The summed E-state index contributed by atoms with van der Waals surface area (Å²) in [7, 11) is 0. The summed E-state index contributed by atoms with van der Waals surface area (Å²) in [5, 5.41) is 0. The molecule has 0 aliphatic carbocycles. The summed E-state index contributed by atoms with van der Waals surface area (Å²) in [5.41, 5.74) is -0.649. The Labute approximate surface area is 120 Å². The summed E-state index contributed by atoms with van der Waals surface area (Å²) in [6, 6.07) is 3.53. The third kappa shape index (κ3) is 3.26. The van der Waals surface area contributed by atoms with Crippen LogP contribution in [0.3, 0.4) is 0 Å². The number of ketones is 1. The van der Waals surface area contributed by atoms with Gasteiger partial charge in [0.1, 0.15) is 0 Å². The van der Waals surface area contributed by atoms with Gasteiger partial charge in [-0.25, -0.2) is 0 Å². The highest BCUT2D eigenvalue weighted by Crippen LogP contribution is 2.38. The van der Waals surface area contributed by atoms with E-state index in [9.17, 15) is 26.7 Å². The minimum atomic E-state index is -5.88. The van der Waals surface area contributed by atoms with Gasteiger partial charge < -0.3 is 0 Å². The van der Waals surface area contributed by atoms with E-state index in [4.69, 9.17) is 0 Å². The lowest BCUT2D eigenvalue weighted by molar-refractivity contribution is -0.255. The van der Waals surface area contributed by atoms with E-state index >= 15 is 0 Å². The first-order chi connectivity index (χ1) is 7.55. The number of hydrogen-bond acceptors (Lipinski definition) is 1. The molecule has 0 aliphatic heterocycles. The van der Waals surface area contributed by atoms with Crippen LogP contribution < -0.4 is 0 Å². The topological polar surface area (TPSA) is 17.1 Å². The number of Topliss-reactive ketones (excluding diaryl/α,β-unsaturated/α-hetero) is 1. The van der Waals surface area contributed by atoms with Crippen molar-refractivity contribution in [2.45, 2.75) is 12.1 Å². The van der Waals surface area contributed by atoms with E-state index in [0.29, 0.717) is 7.14 Å². The maximum Gasteiger partial charge on any atom is 0.461 e. The highest BCUT2D eigenvalue weighted by Gasteiger charge is 2.63. The average molecular weight is 476 g/mol. The molecule has 17 heavy (non-hydrogen) atoms. The highest BCUT2D eigenvalue weighted by atomic mass is 127. The van der Waals surface area contributed by atoms with Crippen molar-refractivity contribution < 1.29 is 26.7 Å². The van der Waals surface area contributed by atoms with Gasteiger partial charge in [0.05, 0.1) is 0 Å². The van der Waals surface area contributed by atoms with Crippen molar-refractivity contribution in [1.82, 2.24) is 0 Å². The lowest BCUT2D eigenvalue weighted by Gasteiger charge is -2.18. The van der Waals surface area contributed by atoms with E-state index in [0.717, 1.165) is 12.1 Å². The standard InChI is InChI=1S/C9H3F5I2O/c10-8(11,9(12,13)14)7(17)4-1-5(15)3-6(16)2-4/h1-3H. The number of halogens is 7. The number of rotatable bonds is 2. The lowest BCUT2D eigenvalue weighted by Crippen LogP contribution is -2.44. The van der Waals surface area contributed by atoms with E-state index in [1.807, 2.05) is 0 Å². The number of alkyl halides is 5. The second-order valence-electron chi connectivity index (χ2n) is 3.06. The summed E-state index contributed by atoms with van der Waals surface area (Å²) >= 11 is 3.46. The van der Waals surface area contributed by atoms with E-state index in [1.165, 1.54) is 0 Å². The van der Waals surface area contributed by atoms with Crippen LogP contribution in [-0.4, -0.2) is 17.9 Å². The predicted molar refractivity (Wildman–Crippen MR) is 67.2 cm³/mol. The summed E-state index contributed by atoms with van der Waals surface area (Å²) < 4.78 is 62.4. The average Bonchev–Trinajstić information content (AvgIpc) is 2.13. The van der Waals surface area contributed by atoms with Crippen molar-refractivity contribution in [1.29, 1.82) is 0 Å². The summed E-state index contributed by atoms with van der Waals surface area (Å²) in [6.07, 6.45) is -5.88. The third-order valence-corrected chi connectivity index (χ3v) is 3.01. The predicted octanol–water partition coefficient (Wildman–Crippen LogP) is 4.28. The van der Waals surface area contributed by atoms with E-state index in [1.54, 1.807) is 51.2 Å². The first kappa shape index (κ1) is 15.1. The van der Waals surface area contributed by atoms with Gasteiger partial charge in [-0.15, -0.1) is 0 Å². The first-order valence-electron chi connectivity index (χ1n) is 4.01. The fourth-order valence-electron chi connectivity index (χ4n) is 0.995. The van der Waals surface area contributed by atoms with Crippen LogP contribution in [0.5, 0.6) is 0 Å². The molecule has 0 unspecified atom stereocenters. The summed E-state index contributed by atoms with van der Waals surface area (Å²) in [4.78, 5) is 11.1. The van der Waals surface area contributed by atoms with Gasteiger partial charge in [0, 0.05) is 12.7 Å². The smallest absolute Gasteiger partial charge is 0.287 e. The Kier molecular flexibility index (Phi) is 4.37. The van der Waals surface area contributed by atoms with Crippen LogP contribution in [-0.2, 0) is 0 Å². The summed E-state index contributed by atoms with van der Waals surface area (Å²) in [5.74, 6) is -7.60. The minimum absolute atomic E-state index is 0.413. The Morgan fingerprint density at radius 1 is 0.941 bits per heavy atom. The van der Waals surface area contributed by atoms with Gasteiger partial charge in [0.25, 0.3) is 0 Å². The van der Waals surface area contributed by atoms with Crippen molar-refractivity contribution in [2.75, 3.05) is 0 Å². The fourth-order valence-corrected chi connectivity index (χ4v) is 2.93. The molecule has 1 rings (SSSR count). The van der Waals surface area contributed by atoms with Gasteiger partial charge >= 0.3 is 12.1 Å². The van der Waals surface area contributed by atoms with Crippen LogP contribution in [0, 0.1) is 7.14 Å². The number of carbonyl (C=O) groups excluding carboxylic acids is 1. The molecule has 0 N–H and O–H groups in total. The zero-order chi connectivity index (χ0) is 13.4. The van der Waals surface area contributed by atoms with Crippen molar-refractivity contribution in [3.05, 3.63) is 30.9 Å². The van der Waals surface area contributed by atoms with Gasteiger partial charge in [0.15, 0.2) is 0 Å². The molecule has 0 aliphatic rings. The largest absolute Gasteiger partial charge is 0.461 e. The SMILES string of the molecule is O=C(c1cc(I)cc(I)c1)C(F)(F)C(F)(F)F. The molecule has 0 saturated carbocycles. The number of carbonyl (C=O) groups is 1. The molecule has 0 atom stereocenters. The van der Waals surface area contributed by atoms with Crippen LogP contribution in [0.4, 0.5) is 22.0 Å². The molecule has 0 heterocycles. The zero-order valence-electron chi connectivity index (χ0n) is 7.79. The third-order valence-electron chi connectivity index (χ3n) is 1.77. The fraction of sp³-hybridized carbons (Fsp3) is 0.222. The van der Waals surface area contributed by atoms with Crippen LogP contribution >= 0.6 is 45.2 Å². The number of hydrogen-bond donors (Lipinski definition) is 0. The molecule has 0 aromatic heterocycles. The molecular weight excluding hydrogens is 473 g/mol. The minimum Gasteiger partial charge on any atom is -0.287 e. The summed E-state index contributed by atoms with van der Waals surface area (Å²) in [6.45, 7) is 0. The van der Waals surface area contributed by atoms with E-state index in [2.05, 4.69) is 0 Å². The Morgan fingerprint density at radius 2 is 1.35 bits per heavy atom. The normalized spacial score (nSPS) is 12.6. The molecule has 0 saturated heterocycles. The van der Waals surface area contributed by atoms with Crippen molar-refractivity contribution in [3.63, 3.8) is 0 Å². The Bertz CT molecular complexity index is 435. The monoisotopic (exact) mass is 476 g/mol. The number of benzene rings is 1. The van der Waals surface area contributed by atoms with Gasteiger partial charge in [0.2, 0.25) is 5.78 Å². The Hall–Kier alpha value is -0.000000000000000167. The van der Waals surface area contributed by atoms with Crippen molar-refractivity contribution in [2.24, 2.45) is 0 Å². The van der Waals surface area contributed by atoms with Crippen LogP contribution in [0.15, 0.2) is 18.2 Å². The zero-order valence-corrected chi connectivity index (χ0v) is 12.1. The molecule has 8 heteroatoms. The van der Waals surface area contributed by atoms with Crippen molar-refractivity contribution in [3.8, 4) is 0 Å². The lowest BCUT2D eigenvalue weighted by atomic mass is 10.1. The maximum atomic E-state index is 12.8. The molecule has 0 fully saturated rings. The molecular formula is C9H3F5I2O. The molecule has 1 aromatic rings. The second-order valence-corrected chi connectivity index (χ2v) is 5.55. The Morgan fingerprint density at radius 3 is 1.71 bits per heavy atom. The molecule has 1 aromatic carbocycles. The molecule has 0 bridgehead atoms. The first-order valence-corrected chi connectivity index (χ1v) is 6.17. The van der Waals surface area contributed by atoms with Gasteiger partial charge in [-0.05, 0) is 63.4 Å². The van der Waals surface area contributed by atoms with Crippen LogP contribution in [0.1, 0.15) is 10.4 Å². The second kappa shape index (κ2) is 4.94. The van der Waals surface area contributed by atoms with Gasteiger partial charge in [-0.3, -0.25) is 4.79 Å². The Balaban J connectivity index is 3.21. The van der Waals surface area contributed by atoms with Gasteiger partial charge in [-0.2, -0.15) is 22.0 Å². The van der Waals surface area contributed by atoms with Crippen LogP contribution in [0.25, 0.3) is 0 Å².